The minimum atomic E-state index is -1.33. The first-order chi connectivity index (χ1) is 13.1. The van der Waals surface area contributed by atoms with Crippen LogP contribution in [0.25, 0.3) is 5.57 Å². The Morgan fingerprint density at radius 1 is 1.07 bits per heavy atom. The van der Waals surface area contributed by atoms with Gasteiger partial charge in [0.15, 0.2) is 4.33 Å². The SMILES string of the molecule is CCC(C)(C)c1ncc(C2=CC=CC(N)(c3ccccc3)C2(Cl)Cl)c(C)c1C. The summed E-state index contributed by atoms with van der Waals surface area (Å²) in [6, 6.07) is 9.74. The topological polar surface area (TPSA) is 38.9 Å². The molecule has 0 aliphatic heterocycles. The van der Waals surface area contributed by atoms with E-state index in [9.17, 15) is 0 Å². The van der Waals surface area contributed by atoms with E-state index in [2.05, 4.69) is 34.6 Å². The van der Waals surface area contributed by atoms with E-state index in [4.69, 9.17) is 33.9 Å². The van der Waals surface area contributed by atoms with Crippen LogP contribution in [0, 0.1) is 13.8 Å². The number of allylic oxidation sites excluding steroid dienone is 2. The molecule has 1 aromatic carbocycles. The quantitative estimate of drug-likeness (QED) is 0.590. The van der Waals surface area contributed by atoms with Crippen LogP contribution in [0.2, 0.25) is 0 Å². The van der Waals surface area contributed by atoms with Crippen molar-refractivity contribution in [3.05, 3.63) is 82.7 Å². The molecule has 0 saturated carbocycles. The van der Waals surface area contributed by atoms with Crippen LogP contribution >= 0.6 is 23.2 Å². The number of halogens is 2. The Labute approximate surface area is 178 Å². The third-order valence-corrected chi connectivity index (χ3v) is 7.22. The van der Waals surface area contributed by atoms with Gasteiger partial charge in [-0.15, -0.1) is 0 Å². The summed E-state index contributed by atoms with van der Waals surface area (Å²) in [5, 5.41) is 0. The van der Waals surface area contributed by atoms with Gasteiger partial charge in [0.25, 0.3) is 0 Å². The molecule has 3 rings (SSSR count). The van der Waals surface area contributed by atoms with E-state index in [1.807, 2.05) is 54.8 Å². The molecule has 0 amide bonds. The molecule has 0 radical (unpaired) electrons. The van der Waals surface area contributed by atoms with Gasteiger partial charge in [0.05, 0.1) is 5.54 Å². The summed E-state index contributed by atoms with van der Waals surface area (Å²) in [5.74, 6) is 0. The molecule has 2 nitrogen and oxygen atoms in total. The molecule has 4 heteroatoms. The van der Waals surface area contributed by atoms with Gasteiger partial charge in [0, 0.05) is 22.9 Å². The molecule has 1 aromatic heterocycles. The highest BCUT2D eigenvalue weighted by atomic mass is 35.5. The van der Waals surface area contributed by atoms with Crippen LogP contribution in [-0.4, -0.2) is 9.32 Å². The van der Waals surface area contributed by atoms with Gasteiger partial charge in [0.2, 0.25) is 0 Å². The molecule has 1 atom stereocenters. The summed E-state index contributed by atoms with van der Waals surface area (Å²) in [7, 11) is 0. The predicted octanol–water partition coefficient (Wildman–Crippen LogP) is 6.37. The Hall–Kier alpha value is -1.61. The molecule has 28 heavy (non-hydrogen) atoms. The van der Waals surface area contributed by atoms with E-state index in [-0.39, 0.29) is 5.41 Å². The van der Waals surface area contributed by atoms with Gasteiger partial charge in [-0.1, -0.05) is 92.5 Å². The monoisotopic (exact) mass is 414 g/mol. The van der Waals surface area contributed by atoms with Crippen LogP contribution in [0.1, 0.15) is 55.1 Å². The Morgan fingerprint density at radius 2 is 1.71 bits per heavy atom. The number of alkyl halides is 2. The average molecular weight is 415 g/mol. The molecule has 2 N–H and O–H groups in total. The zero-order valence-electron chi connectivity index (χ0n) is 17.2. The highest BCUT2D eigenvalue weighted by Crippen LogP contribution is 2.52. The number of hydrogen-bond donors (Lipinski definition) is 1. The molecule has 1 aliphatic carbocycles. The lowest BCUT2D eigenvalue weighted by molar-refractivity contribution is 0.486. The van der Waals surface area contributed by atoms with Crippen molar-refractivity contribution in [3.8, 4) is 0 Å². The fourth-order valence-electron chi connectivity index (χ4n) is 3.80. The molecule has 0 fully saturated rings. The van der Waals surface area contributed by atoms with Crippen LogP contribution in [0.4, 0.5) is 0 Å². The number of rotatable bonds is 4. The van der Waals surface area contributed by atoms with Crippen molar-refractivity contribution in [3.63, 3.8) is 0 Å². The molecular formula is C24H28Cl2N2. The van der Waals surface area contributed by atoms with E-state index < -0.39 is 9.87 Å². The van der Waals surface area contributed by atoms with E-state index in [1.54, 1.807) is 0 Å². The van der Waals surface area contributed by atoms with Crippen molar-refractivity contribution in [2.24, 2.45) is 5.73 Å². The van der Waals surface area contributed by atoms with E-state index in [1.165, 1.54) is 5.56 Å². The second-order valence-electron chi connectivity index (χ2n) is 8.26. The van der Waals surface area contributed by atoms with Crippen molar-refractivity contribution in [2.45, 2.75) is 56.3 Å². The molecular weight excluding hydrogens is 387 g/mol. The molecule has 0 saturated heterocycles. The summed E-state index contributed by atoms with van der Waals surface area (Å²) >= 11 is 14.0. The van der Waals surface area contributed by atoms with E-state index >= 15 is 0 Å². The molecule has 1 unspecified atom stereocenters. The zero-order valence-corrected chi connectivity index (χ0v) is 18.7. The standard InChI is InChI=1S/C24H28Cl2N2/c1-6-22(4,5)21-17(3)16(2)19(15-28-21)20-13-10-14-23(27,24(20,25)26)18-11-8-7-9-12-18/h7-15H,6,27H2,1-5H3. The van der Waals surface area contributed by atoms with Gasteiger partial charge in [-0.05, 0) is 42.5 Å². The molecule has 0 spiro atoms. The minimum absolute atomic E-state index is 0.00883. The number of benzene rings is 1. The normalized spacial score (nSPS) is 21.5. The summed E-state index contributed by atoms with van der Waals surface area (Å²) in [4.78, 5) is 4.82. The Morgan fingerprint density at radius 3 is 2.32 bits per heavy atom. The highest BCUT2D eigenvalue weighted by molar-refractivity contribution is 6.55. The van der Waals surface area contributed by atoms with Crippen LogP contribution in [0.3, 0.4) is 0 Å². The van der Waals surface area contributed by atoms with Gasteiger partial charge in [0.1, 0.15) is 0 Å². The second-order valence-corrected chi connectivity index (χ2v) is 9.58. The van der Waals surface area contributed by atoms with E-state index in [0.717, 1.165) is 34.4 Å². The third kappa shape index (κ3) is 3.22. The fraction of sp³-hybridized carbons (Fsp3) is 0.375. The van der Waals surface area contributed by atoms with Crippen molar-refractivity contribution in [1.82, 2.24) is 4.98 Å². The maximum atomic E-state index is 6.99. The Balaban J connectivity index is 2.14. The summed E-state index contributed by atoms with van der Waals surface area (Å²) < 4.78 is -1.33. The largest absolute Gasteiger partial charge is 0.315 e. The lowest BCUT2D eigenvalue weighted by Gasteiger charge is -2.42. The van der Waals surface area contributed by atoms with Gasteiger partial charge in [-0.25, -0.2) is 0 Å². The van der Waals surface area contributed by atoms with Crippen LogP contribution < -0.4 is 5.73 Å². The lowest BCUT2D eigenvalue weighted by atomic mass is 9.77. The average Bonchev–Trinajstić information content (AvgIpc) is 2.67. The van der Waals surface area contributed by atoms with Gasteiger partial charge in [-0.3, -0.25) is 4.98 Å². The number of hydrogen-bond acceptors (Lipinski definition) is 2. The van der Waals surface area contributed by atoms with Crippen molar-refractivity contribution in [1.29, 1.82) is 0 Å². The van der Waals surface area contributed by atoms with Gasteiger partial charge in [-0.2, -0.15) is 0 Å². The lowest BCUT2D eigenvalue weighted by Crippen LogP contribution is -2.51. The third-order valence-electron chi connectivity index (χ3n) is 6.19. The number of nitrogens with zero attached hydrogens (tertiary/aromatic N) is 1. The van der Waals surface area contributed by atoms with Crippen LogP contribution in [0.5, 0.6) is 0 Å². The molecule has 0 bridgehead atoms. The molecule has 1 aliphatic rings. The molecule has 1 heterocycles. The van der Waals surface area contributed by atoms with Crippen molar-refractivity contribution < 1.29 is 0 Å². The zero-order chi connectivity index (χ0) is 20.7. The molecule has 2 aromatic rings. The summed E-state index contributed by atoms with van der Waals surface area (Å²) in [5.41, 5.74) is 11.8. The van der Waals surface area contributed by atoms with Gasteiger partial charge < -0.3 is 5.73 Å². The number of pyridine rings is 1. The predicted molar refractivity (Wildman–Crippen MR) is 121 cm³/mol. The van der Waals surface area contributed by atoms with Crippen molar-refractivity contribution in [2.75, 3.05) is 0 Å². The maximum Gasteiger partial charge on any atom is 0.169 e. The number of nitrogens with two attached hydrogens (primary N) is 1. The smallest absolute Gasteiger partial charge is 0.169 e. The first-order valence-corrected chi connectivity index (χ1v) is 10.4. The Bertz CT molecular complexity index is 943. The number of aromatic nitrogens is 1. The van der Waals surface area contributed by atoms with Crippen molar-refractivity contribution >= 4 is 28.8 Å². The summed E-state index contributed by atoms with van der Waals surface area (Å²) in [6.45, 7) is 10.8. The van der Waals surface area contributed by atoms with Gasteiger partial charge >= 0.3 is 0 Å². The van der Waals surface area contributed by atoms with Crippen LogP contribution in [0.15, 0.2) is 54.8 Å². The first-order valence-electron chi connectivity index (χ1n) is 9.65. The molecule has 148 valence electrons. The Kier molecular flexibility index (Phi) is 5.53. The highest BCUT2D eigenvalue weighted by Gasteiger charge is 2.50. The van der Waals surface area contributed by atoms with E-state index in [0.29, 0.717) is 0 Å². The fourth-order valence-corrected chi connectivity index (χ4v) is 4.48. The van der Waals surface area contributed by atoms with Crippen LogP contribution in [-0.2, 0) is 11.0 Å². The maximum absolute atomic E-state index is 6.99. The summed E-state index contributed by atoms with van der Waals surface area (Å²) in [6.07, 6.45) is 8.66. The first kappa shape index (κ1) is 21.1. The minimum Gasteiger partial charge on any atom is -0.315 e. The second kappa shape index (κ2) is 7.33.